The zero-order valence-electron chi connectivity index (χ0n) is 11.6. The van der Waals surface area contributed by atoms with Gasteiger partial charge in [0, 0.05) is 6.10 Å². The molecule has 17 heavy (non-hydrogen) atoms. The van der Waals surface area contributed by atoms with Gasteiger partial charge in [0.1, 0.15) is 0 Å². The van der Waals surface area contributed by atoms with Crippen molar-refractivity contribution < 1.29 is 4.43 Å². The molecule has 0 amide bonds. The summed E-state index contributed by atoms with van der Waals surface area (Å²) in [6.45, 7) is 5.01. The Bertz CT molecular complexity index is 270. The first-order valence-electron chi connectivity index (χ1n) is 7.83. The molecule has 0 heterocycles. The summed E-state index contributed by atoms with van der Waals surface area (Å²) in [5, 5.41) is 0. The van der Waals surface area contributed by atoms with Gasteiger partial charge >= 0.3 is 0 Å². The molecule has 0 aromatic heterocycles. The van der Waals surface area contributed by atoms with E-state index in [1.807, 2.05) is 0 Å². The molecule has 0 aromatic rings. The third-order valence-electron chi connectivity index (χ3n) is 5.65. The second kappa shape index (κ2) is 4.69. The van der Waals surface area contributed by atoms with E-state index in [9.17, 15) is 0 Å². The van der Waals surface area contributed by atoms with Crippen LogP contribution in [0.1, 0.15) is 57.8 Å². The highest BCUT2D eigenvalue weighted by Gasteiger charge is 2.49. The predicted octanol–water partition coefficient (Wildman–Crippen LogP) is 4.73. The first kappa shape index (κ1) is 12.2. The van der Waals surface area contributed by atoms with Crippen LogP contribution >= 0.6 is 0 Å². The first-order chi connectivity index (χ1) is 8.15. The summed E-state index contributed by atoms with van der Waals surface area (Å²) in [6, 6.07) is 0. The zero-order valence-corrected chi connectivity index (χ0v) is 12.6. The van der Waals surface area contributed by atoms with Crippen molar-refractivity contribution in [3.8, 4) is 0 Å². The van der Waals surface area contributed by atoms with E-state index >= 15 is 0 Å². The lowest BCUT2D eigenvalue weighted by atomic mass is 9.98. The number of hydrogen-bond donors (Lipinski definition) is 0. The van der Waals surface area contributed by atoms with Gasteiger partial charge < -0.3 is 4.43 Å². The Balaban J connectivity index is 1.60. The van der Waals surface area contributed by atoms with E-state index < -0.39 is 8.32 Å². The standard InChI is InChI=1S/C15H28OSi/c1-17(2,16-14-6-4-3-5-7-14)15-11-12-8-9-13(15)10-12/h12-15H,3-11H2,1-2H3. The Hall–Kier alpha value is 0.177. The average Bonchev–Trinajstić information content (AvgIpc) is 2.91. The van der Waals surface area contributed by atoms with E-state index in [1.165, 1.54) is 57.8 Å². The van der Waals surface area contributed by atoms with Crippen LogP contribution in [0, 0.1) is 11.8 Å². The first-order valence-corrected chi connectivity index (χ1v) is 10.8. The van der Waals surface area contributed by atoms with Crippen LogP contribution in [-0.4, -0.2) is 14.4 Å². The van der Waals surface area contributed by atoms with Crippen molar-refractivity contribution in [3.05, 3.63) is 0 Å². The monoisotopic (exact) mass is 252 g/mol. The number of hydrogen-bond acceptors (Lipinski definition) is 1. The molecule has 3 fully saturated rings. The van der Waals surface area contributed by atoms with Crippen molar-refractivity contribution in [1.29, 1.82) is 0 Å². The maximum Gasteiger partial charge on any atom is 0.190 e. The van der Waals surface area contributed by atoms with Crippen molar-refractivity contribution in [2.24, 2.45) is 11.8 Å². The second-order valence-electron chi connectivity index (χ2n) is 7.26. The van der Waals surface area contributed by atoms with Gasteiger partial charge in [-0.3, -0.25) is 0 Å². The highest BCUT2D eigenvalue weighted by atomic mass is 28.4. The van der Waals surface area contributed by atoms with Crippen molar-refractivity contribution in [2.45, 2.75) is 82.5 Å². The van der Waals surface area contributed by atoms with Crippen molar-refractivity contribution in [3.63, 3.8) is 0 Å². The molecular formula is C15H28OSi. The molecule has 0 aromatic carbocycles. The molecule has 2 bridgehead atoms. The summed E-state index contributed by atoms with van der Waals surface area (Å²) in [4.78, 5) is 0. The van der Waals surface area contributed by atoms with E-state index in [0.29, 0.717) is 6.10 Å². The topological polar surface area (TPSA) is 9.23 Å². The van der Waals surface area contributed by atoms with Gasteiger partial charge in [-0.2, -0.15) is 0 Å². The van der Waals surface area contributed by atoms with E-state index in [2.05, 4.69) is 13.1 Å². The summed E-state index contributed by atoms with van der Waals surface area (Å²) in [7, 11) is -1.41. The molecule has 0 aliphatic heterocycles. The van der Waals surface area contributed by atoms with Crippen LogP contribution in [0.25, 0.3) is 0 Å². The van der Waals surface area contributed by atoms with Crippen LogP contribution in [0.15, 0.2) is 0 Å². The third kappa shape index (κ3) is 2.48. The molecule has 0 radical (unpaired) electrons. The number of fused-ring (bicyclic) bond motifs is 2. The van der Waals surface area contributed by atoms with Crippen LogP contribution in [0.2, 0.25) is 18.6 Å². The summed E-state index contributed by atoms with van der Waals surface area (Å²) >= 11 is 0. The summed E-state index contributed by atoms with van der Waals surface area (Å²) in [5.41, 5.74) is 0.989. The van der Waals surface area contributed by atoms with Gasteiger partial charge in [0.25, 0.3) is 0 Å². The van der Waals surface area contributed by atoms with Gasteiger partial charge in [0.15, 0.2) is 8.32 Å². The van der Waals surface area contributed by atoms with Gasteiger partial charge in [-0.25, -0.2) is 0 Å². The molecule has 3 aliphatic carbocycles. The molecule has 98 valence electrons. The fourth-order valence-electron chi connectivity index (χ4n) is 4.80. The molecule has 2 heteroatoms. The predicted molar refractivity (Wildman–Crippen MR) is 74.6 cm³/mol. The SMILES string of the molecule is C[Si](C)(OC1CCCCC1)C1CC2CCC1C2. The molecule has 1 nitrogen and oxygen atoms in total. The Morgan fingerprint density at radius 2 is 1.65 bits per heavy atom. The average molecular weight is 252 g/mol. The highest BCUT2D eigenvalue weighted by molar-refractivity contribution is 6.72. The smallest absolute Gasteiger partial charge is 0.190 e. The minimum atomic E-state index is -1.41. The highest BCUT2D eigenvalue weighted by Crippen LogP contribution is 2.55. The van der Waals surface area contributed by atoms with Crippen LogP contribution in [0.3, 0.4) is 0 Å². The molecule has 3 rings (SSSR count). The van der Waals surface area contributed by atoms with E-state index in [1.54, 1.807) is 0 Å². The Kier molecular flexibility index (Phi) is 3.37. The Labute approximate surface area is 107 Å². The fourth-order valence-corrected chi connectivity index (χ4v) is 8.40. The minimum Gasteiger partial charge on any atom is -0.414 e. The quantitative estimate of drug-likeness (QED) is 0.660. The van der Waals surface area contributed by atoms with E-state index in [-0.39, 0.29) is 0 Å². The van der Waals surface area contributed by atoms with Gasteiger partial charge in [-0.15, -0.1) is 0 Å². The van der Waals surface area contributed by atoms with Crippen LogP contribution in [-0.2, 0) is 4.43 Å². The molecule has 0 N–H and O–H groups in total. The largest absolute Gasteiger partial charge is 0.414 e. The molecule has 0 saturated heterocycles. The Morgan fingerprint density at radius 1 is 0.882 bits per heavy atom. The maximum atomic E-state index is 6.65. The lowest BCUT2D eigenvalue weighted by molar-refractivity contribution is 0.138. The normalized spacial score (nSPS) is 38.8. The minimum absolute atomic E-state index is 0.629. The molecule has 3 unspecified atom stereocenters. The molecule has 0 spiro atoms. The van der Waals surface area contributed by atoms with Crippen molar-refractivity contribution in [1.82, 2.24) is 0 Å². The van der Waals surface area contributed by atoms with E-state index in [0.717, 1.165) is 17.4 Å². The van der Waals surface area contributed by atoms with Gasteiger partial charge in [0.05, 0.1) is 0 Å². The lowest BCUT2D eigenvalue weighted by Crippen LogP contribution is -2.42. The van der Waals surface area contributed by atoms with E-state index in [4.69, 9.17) is 4.43 Å². The maximum absolute atomic E-state index is 6.65. The number of rotatable bonds is 3. The van der Waals surface area contributed by atoms with Gasteiger partial charge in [0.2, 0.25) is 0 Å². The lowest BCUT2D eigenvalue weighted by Gasteiger charge is -2.39. The summed E-state index contributed by atoms with van der Waals surface area (Å²) in [5.74, 6) is 2.12. The molecule has 3 saturated carbocycles. The second-order valence-corrected chi connectivity index (χ2v) is 11.4. The molecular weight excluding hydrogens is 224 g/mol. The molecule has 3 aliphatic rings. The summed E-state index contributed by atoms with van der Waals surface area (Å²) < 4.78 is 6.65. The van der Waals surface area contributed by atoms with Gasteiger partial charge in [-0.05, 0) is 56.2 Å². The fraction of sp³-hybridized carbons (Fsp3) is 1.00. The van der Waals surface area contributed by atoms with Crippen molar-refractivity contribution in [2.75, 3.05) is 0 Å². The van der Waals surface area contributed by atoms with Crippen LogP contribution in [0.4, 0.5) is 0 Å². The van der Waals surface area contributed by atoms with Crippen LogP contribution in [0.5, 0.6) is 0 Å². The van der Waals surface area contributed by atoms with Crippen LogP contribution < -0.4 is 0 Å². The molecule has 3 atom stereocenters. The van der Waals surface area contributed by atoms with Gasteiger partial charge in [-0.1, -0.05) is 32.1 Å². The van der Waals surface area contributed by atoms with Crippen molar-refractivity contribution >= 4 is 8.32 Å². The summed E-state index contributed by atoms with van der Waals surface area (Å²) in [6.07, 6.45) is 13.7. The Morgan fingerprint density at radius 3 is 2.24 bits per heavy atom. The third-order valence-corrected chi connectivity index (χ3v) is 9.09. The zero-order chi connectivity index (χ0) is 11.9.